The second kappa shape index (κ2) is 7.31. The van der Waals surface area contributed by atoms with Crippen molar-refractivity contribution in [2.75, 3.05) is 6.61 Å². The fourth-order valence-electron chi connectivity index (χ4n) is 2.91. The van der Waals surface area contributed by atoms with E-state index in [1.54, 1.807) is 0 Å². The maximum Gasteiger partial charge on any atom is 0.303 e. The van der Waals surface area contributed by atoms with Crippen molar-refractivity contribution in [3.63, 3.8) is 0 Å². The van der Waals surface area contributed by atoms with E-state index in [1.165, 1.54) is 13.8 Å². The average molecular weight is 390 g/mol. The van der Waals surface area contributed by atoms with Gasteiger partial charge in [0.25, 0.3) is 0 Å². The van der Waals surface area contributed by atoms with E-state index < -0.39 is 52.2 Å². The molecule has 2 saturated heterocycles. The highest BCUT2D eigenvalue weighted by atomic mass is 35.5. The van der Waals surface area contributed by atoms with Crippen LogP contribution >= 0.6 is 34.8 Å². The number of carbonyl (C=O) groups excluding carboxylic acids is 2. The lowest BCUT2D eigenvalue weighted by molar-refractivity contribution is -0.240. The van der Waals surface area contributed by atoms with Gasteiger partial charge in [-0.15, -0.1) is 11.6 Å². The Morgan fingerprint density at radius 2 is 1.83 bits per heavy atom. The molecule has 23 heavy (non-hydrogen) atoms. The lowest BCUT2D eigenvalue weighted by atomic mass is 9.90. The topological polar surface area (TPSA) is 71.1 Å². The van der Waals surface area contributed by atoms with Crippen molar-refractivity contribution < 1.29 is 28.5 Å². The van der Waals surface area contributed by atoms with Gasteiger partial charge in [-0.3, -0.25) is 9.59 Å². The molecule has 0 N–H and O–H groups in total. The molecule has 0 aromatic heterocycles. The van der Waals surface area contributed by atoms with Crippen molar-refractivity contribution in [3.05, 3.63) is 0 Å². The molecule has 0 bridgehead atoms. The lowest BCUT2D eigenvalue weighted by Gasteiger charge is -2.42. The van der Waals surface area contributed by atoms with Crippen LogP contribution in [0.2, 0.25) is 0 Å². The number of ether oxygens (including phenoxy) is 4. The first kappa shape index (κ1) is 19.1. The molecule has 9 heteroatoms. The normalized spacial score (nSPS) is 38.7. The highest BCUT2D eigenvalue weighted by Gasteiger charge is 2.63. The van der Waals surface area contributed by atoms with Gasteiger partial charge >= 0.3 is 11.9 Å². The van der Waals surface area contributed by atoms with Gasteiger partial charge in [-0.05, 0) is 6.42 Å². The Bertz CT molecular complexity index is 471. The van der Waals surface area contributed by atoms with Crippen LogP contribution in [0.3, 0.4) is 0 Å². The van der Waals surface area contributed by atoms with Crippen LogP contribution in [0.4, 0.5) is 0 Å². The largest absolute Gasteiger partial charge is 0.463 e. The molecule has 2 aliphatic heterocycles. The molecule has 6 atom stereocenters. The van der Waals surface area contributed by atoms with Crippen molar-refractivity contribution in [1.29, 1.82) is 0 Å². The molecule has 0 saturated carbocycles. The Morgan fingerprint density at radius 3 is 2.35 bits per heavy atom. The van der Waals surface area contributed by atoms with E-state index in [0.29, 0.717) is 6.42 Å². The molecular formula is C14H19Cl3O6. The number of alkyl halides is 3. The Hall–Kier alpha value is -0.270. The van der Waals surface area contributed by atoms with E-state index in [9.17, 15) is 9.59 Å². The number of carbonyl (C=O) groups is 2. The first-order valence-corrected chi connectivity index (χ1v) is 8.51. The third-order valence-electron chi connectivity index (χ3n) is 3.92. The SMILES string of the molecule is CC[C@@H]1O[C@H]2O[C@H](COC(C)=O)[C@@H](OC(C)=O)[C@H](Cl)[C@H]2C1(Cl)Cl. The summed E-state index contributed by atoms with van der Waals surface area (Å²) in [6, 6.07) is 0. The smallest absolute Gasteiger partial charge is 0.303 e. The molecule has 2 rings (SSSR count). The van der Waals surface area contributed by atoms with Gasteiger partial charge in [0, 0.05) is 13.8 Å². The van der Waals surface area contributed by atoms with Crippen LogP contribution in [0.1, 0.15) is 27.2 Å². The summed E-state index contributed by atoms with van der Waals surface area (Å²) in [6.45, 7) is 4.29. The van der Waals surface area contributed by atoms with Crippen LogP contribution in [0.5, 0.6) is 0 Å². The van der Waals surface area contributed by atoms with E-state index in [4.69, 9.17) is 53.8 Å². The second-order valence-electron chi connectivity index (χ2n) is 5.60. The Labute approximate surface area is 149 Å². The molecule has 2 fully saturated rings. The van der Waals surface area contributed by atoms with Crippen molar-refractivity contribution in [1.82, 2.24) is 0 Å². The summed E-state index contributed by atoms with van der Waals surface area (Å²) < 4.78 is 20.5. The maximum atomic E-state index is 11.4. The number of rotatable bonds is 4. The molecule has 0 amide bonds. The predicted molar refractivity (Wildman–Crippen MR) is 83.6 cm³/mol. The molecule has 2 aliphatic rings. The highest BCUT2D eigenvalue weighted by Crippen LogP contribution is 2.52. The maximum absolute atomic E-state index is 11.4. The zero-order chi connectivity index (χ0) is 17.4. The molecule has 2 heterocycles. The van der Waals surface area contributed by atoms with E-state index in [2.05, 4.69) is 0 Å². The van der Waals surface area contributed by atoms with Crippen molar-refractivity contribution in [2.45, 2.75) is 61.5 Å². The van der Waals surface area contributed by atoms with Crippen LogP contribution in [0.15, 0.2) is 0 Å². The summed E-state index contributed by atoms with van der Waals surface area (Å²) in [6.07, 6.45) is -2.27. The van der Waals surface area contributed by atoms with E-state index in [0.717, 1.165) is 0 Å². The molecule has 0 aromatic rings. The fourth-order valence-corrected chi connectivity index (χ4v) is 4.45. The van der Waals surface area contributed by atoms with Gasteiger partial charge in [0.2, 0.25) is 0 Å². The monoisotopic (exact) mass is 388 g/mol. The Kier molecular flexibility index (Phi) is 6.06. The lowest BCUT2D eigenvalue weighted by Crippen LogP contribution is -2.57. The molecule has 0 radical (unpaired) electrons. The Balaban J connectivity index is 2.23. The molecule has 0 aliphatic carbocycles. The summed E-state index contributed by atoms with van der Waals surface area (Å²) in [4.78, 5) is 22.4. The summed E-state index contributed by atoms with van der Waals surface area (Å²) in [7, 11) is 0. The zero-order valence-corrected chi connectivity index (χ0v) is 15.2. The number of hydrogen-bond acceptors (Lipinski definition) is 6. The molecule has 6 nitrogen and oxygen atoms in total. The van der Waals surface area contributed by atoms with Gasteiger partial charge in [0.05, 0.1) is 17.4 Å². The van der Waals surface area contributed by atoms with Gasteiger partial charge in [0.15, 0.2) is 10.6 Å². The molecule has 0 aromatic carbocycles. The summed E-state index contributed by atoms with van der Waals surface area (Å²) in [5, 5.41) is -0.746. The molecule has 0 spiro atoms. The standard InChI is InChI=1S/C14H19Cl3O6/c1-4-9-14(16,17)10-11(15)12(21-7(3)19)8(5-20-6(2)18)22-13(10)23-9/h8-13H,4-5H2,1-3H3/t8-,9+,10-,11-,12-,13-/m1/s1. The third-order valence-corrected chi connectivity index (χ3v) is 5.43. The number of hydrogen-bond donors (Lipinski definition) is 0. The first-order chi connectivity index (χ1) is 10.7. The number of esters is 2. The minimum absolute atomic E-state index is 0.114. The number of halogens is 3. The van der Waals surface area contributed by atoms with E-state index in [1.807, 2.05) is 6.92 Å². The summed E-state index contributed by atoms with van der Waals surface area (Å²) in [5.74, 6) is -1.60. The quantitative estimate of drug-likeness (QED) is 0.543. The van der Waals surface area contributed by atoms with Gasteiger partial charge in [-0.1, -0.05) is 30.1 Å². The van der Waals surface area contributed by atoms with Gasteiger partial charge in [0.1, 0.15) is 18.8 Å². The summed E-state index contributed by atoms with van der Waals surface area (Å²) >= 11 is 19.4. The van der Waals surface area contributed by atoms with Crippen molar-refractivity contribution in [3.8, 4) is 0 Å². The van der Waals surface area contributed by atoms with Crippen LogP contribution in [0.25, 0.3) is 0 Å². The van der Waals surface area contributed by atoms with Gasteiger partial charge in [-0.25, -0.2) is 0 Å². The van der Waals surface area contributed by atoms with E-state index in [-0.39, 0.29) is 6.61 Å². The third kappa shape index (κ3) is 3.87. The van der Waals surface area contributed by atoms with Crippen molar-refractivity contribution >= 4 is 46.7 Å². The average Bonchev–Trinajstić information content (AvgIpc) is 2.70. The van der Waals surface area contributed by atoms with Crippen LogP contribution < -0.4 is 0 Å². The van der Waals surface area contributed by atoms with Crippen LogP contribution in [-0.2, 0) is 28.5 Å². The molecule has 132 valence electrons. The predicted octanol–water partition coefficient (Wildman–Crippen LogP) is 2.41. The van der Waals surface area contributed by atoms with Gasteiger partial charge < -0.3 is 18.9 Å². The minimum Gasteiger partial charge on any atom is -0.463 e. The zero-order valence-electron chi connectivity index (χ0n) is 13.0. The van der Waals surface area contributed by atoms with Crippen molar-refractivity contribution in [2.24, 2.45) is 5.92 Å². The number of fused-ring (bicyclic) bond motifs is 1. The van der Waals surface area contributed by atoms with Crippen LogP contribution in [-0.4, -0.2) is 52.9 Å². The molecule has 0 unspecified atom stereocenters. The second-order valence-corrected chi connectivity index (χ2v) is 7.55. The summed E-state index contributed by atoms with van der Waals surface area (Å²) in [5.41, 5.74) is 0. The van der Waals surface area contributed by atoms with Gasteiger partial charge in [-0.2, -0.15) is 0 Å². The first-order valence-electron chi connectivity index (χ1n) is 7.31. The Morgan fingerprint density at radius 1 is 1.17 bits per heavy atom. The van der Waals surface area contributed by atoms with Crippen LogP contribution in [0, 0.1) is 5.92 Å². The minimum atomic E-state index is -1.27. The van der Waals surface area contributed by atoms with E-state index >= 15 is 0 Å². The molecular weight excluding hydrogens is 371 g/mol. The highest BCUT2D eigenvalue weighted by molar-refractivity contribution is 6.49. The fraction of sp³-hybridized carbons (Fsp3) is 0.857.